The number of nitrogens with zero attached hydrogens (tertiary/aromatic N) is 2. The Morgan fingerprint density at radius 3 is 3.05 bits per heavy atom. The lowest BCUT2D eigenvalue weighted by Crippen LogP contribution is -2.36. The monoisotopic (exact) mass is 270 g/mol. The van der Waals surface area contributed by atoms with E-state index in [9.17, 15) is 9.90 Å². The average Bonchev–Trinajstić information content (AvgIpc) is 2.95. The molecule has 1 aromatic carbocycles. The van der Waals surface area contributed by atoms with Gasteiger partial charge in [-0.3, -0.25) is 4.98 Å². The van der Waals surface area contributed by atoms with Crippen molar-refractivity contribution in [2.45, 2.75) is 32.2 Å². The van der Waals surface area contributed by atoms with Gasteiger partial charge in [0.1, 0.15) is 6.04 Å². The number of benzene rings is 1. The Labute approximate surface area is 118 Å². The maximum atomic E-state index is 11.4. The Balaban J connectivity index is 2.13. The molecule has 0 spiro atoms. The number of carboxylic acids is 1. The van der Waals surface area contributed by atoms with Crippen molar-refractivity contribution in [2.24, 2.45) is 0 Å². The maximum Gasteiger partial charge on any atom is 0.326 e. The molecule has 1 atom stereocenters. The van der Waals surface area contributed by atoms with E-state index in [0.717, 1.165) is 36.0 Å². The molecule has 0 saturated carbocycles. The minimum atomic E-state index is -0.737. The predicted molar refractivity (Wildman–Crippen MR) is 79.1 cm³/mol. The zero-order valence-corrected chi connectivity index (χ0v) is 11.5. The summed E-state index contributed by atoms with van der Waals surface area (Å²) in [5.41, 5.74) is 3.17. The van der Waals surface area contributed by atoms with E-state index in [1.165, 1.54) is 5.56 Å². The molecular formula is C16H18N2O2. The molecule has 2 aromatic rings. The highest BCUT2D eigenvalue weighted by Gasteiger charge is 2.31. The lowest BCUT2D eigenvalue weighted by atomic mass is 10.1. The molecule has 0 amide bonds. The second kappa shape index (κ2) is 5.12. The lowest BCUT2D eigenvalue weighted by molar-refractivity contribution is -0.138. The molecule has 0 radical (unpaired) electrons. The number of aryl methyl sites for hydroxylation is 1. The van der Waals surface area contributed by atoms with Crippen molar-refractivity contribution in [1.82, 2.24) is 4.98 Å². The van der Waals surface area contributed by atoms with Crippen molar-refractivity contribution in [3.8, 4) is 0 Å². The van der Waals surface area contributed by atoms with Crippen molar-refractivity contribution in [1.29, 1.82) is 0 Å². The average molecular weight is 270 g/mol. The van der Waals surface area contributed by atoms with Gasteiger partial charge in [-0.05, 0) is 43.0 Å². The van der Waals surface area contributed by atoms with Crippen molar-refractivity contribution in [3.63, 3.8) is 0 Å². The van der Waals surface area contributed by atoms with Gasteiger partial charge in [0.25, 0.3) is 0 Å². The molecule has 1 aromatic heterocycles. The summed E-state index contributed by atoms with van der Waals surface area (Å²) in [6, 6.07) is 7.75. The van der Waals surface area contributed by atoms with Crippen LogP contribution in [0.2, 0.25) is 0 Å². The third-order valence-corrected chi connectivity index (χ3v) is 4.04. The largest absolute Gasteiger partial charge is 0.480 e. The van der Waals surface area contributed by atoms with Gasteiger partial charge >= 0.3 is 5.97 Å². The van der Waals surface area contributed by atoms with E-state index < -0.39 is 12.0 Å². The number of carboxylic acid groups (broad SMARTS) is 1. The van der Waals surface area contributed by atoms with Crippen LogP contribution in [-0.4, -0.2) is 28.6 Å². The first-order valence-electron chi connectivity index (χ1n) is 7.08. The second-order valence-corrected chi connectivity index (χ2v) is 5.22. The zero-order chi connectivity index (χ0) is 14.1. The molecule has 104 valence electrons. The summed E-state index contributed by atoms with van der Waals surface area (Å²) in [6.07, 6.45) is 4.37. The van der Waals surface area contributed by atoms with Gasteiger partial charge in [0, 0.05) is 23.8 Å². The molecule has 1 unspecified atom stereocenters. The van der Waals surface area contributed by atoms with E-state index in [2.05, 4.69) is 24.0 Å². The van der Waals surface area contributed by atoms with Crippen LogP contribution in [0.15, 0.2) is 30.5 Å². The van der Waals surface area contributed by atoms with E-state index in [1.54, 1.807) is 6.20 Å². The summed E-state index contributed by atoms with van der Waals surface area (Å²) in [7, 11) is 0. The normalized spacial score (nSPS) is 18.6. The van der Waals surface area contributed by atoms with Crippen LogP contribution in [0.1, 0.15) is 25.3 Å². The quantitative estimate of drug-likeness (QED) is 0.931. The topological polar surface area (TPSA) is 53.4 Å². The van der Waals surface area contributed by atoms with Crippen molar-refractivity contribution >= 4 is 22.6 Å². The Bertz CT molecular complexity index is 654. The van der Waals surface area contributed by atoms with Crippen LogP contribution in [0.4, 0.5) is 5.69 Å². The molecule has 1 aliphatic heterocycles. The van der Waals surface area contributed by atoms with Crippen molar-refractivity contribution in [2.75, 3.05) is 11.4 Å². The van der Waals surface area contributed by atoms with E-state index in [-0.39, 0.29) is 0 Å². The summed E-state index contributed by atoms with van der Waals surface area (Å²) >= 11 is 0. The molecule has 4 nitrogen and oxygen atoms in total. The highest BCUT2D eigenvalue weighted by molar-refractivity contribution is 5.94. The highest BCUT2D eigenvalue weighted by atomic mass is 16.4. The Morgan fingerprint density at radius 1 is 1.45 bits per heavy atom. The zero-order valence-electron chi connectivity index (χ0n) is 11.5. The van der Waals surface area contributed by atoms with Crippen molar-refractivity contribution in [3.05, 3.63) is 36.0 Å². The number of pyridine rings is 1. The predicted octanol–water partition coefficient (Wildman–Crippen LogP) is 2.85. The van der Waals surface area contributed by atoms with Crippen LogP contribution in [0.3, 0.4) is 0 Å². The summed E-state index contributed by atoms with van der Waals surface area (Å²) in [4.78, 5) is 17.8. The Hall–Kier alpha value is -2.10. The molecule has 1 fully saturated rings. The summed E-state index contributed by atoms with van der Waals surface area (Å²) in [5.74, 6) is -0.737. The van der Waals surface area contributed by atoms with E-state index in [4.69, 9.17) is 0 Å². The van der Waals surface area contributed by atoms with E-state index >= 15 is 0 Å². The van der Waals surface area contributed by atoms with Gasteiger partial charge < -0.3 is 10.0 Å². The number of rotatable bonds is 3. The minimum Gasteiger partial charge on any atom is -0.480 e. The number of fused-ring (bicyclic) bond motifs is 1. The van der Waals surface area contributed by atoms with Crippen LogP contribution in [-0.2, 0) is 11.2 Å². The molecule has 3 rings (SSSR count). The number of aromatic nitrogens is 1. The molecule has 0 aliphatic carbocycles. The van der Waals surface area contributed by atoms with Crippen LogP contribution < -0.4 is 4.90 Å². The fourth-order valence-corrected chi connectivity index (χ4v) is 2.96. The summed E-state index contributed by atoms with van der Waals surface area (Å²) in [5, 5.41) is 10.4. The molecule has 2 heterocycles. The van der Waals surface area contributed by atoms with Gasteiger partial charge in [0.2, 0.25) is 0 Å². The molecule has 1 N–H and O–H groups in total. The molecule has 1 saturated heterocycles. The first-order chi connectivity index (χ1) is 9.70. The van der Waals surface area contributed by atoms with E-state index in [0.29, 0.717) is 6.42 Å². The first kappa shape index (κ1) is 12.9. The van der Waals surface area contributed by atoms with Crippen LogP contribution >= 0.6 is 0 Å². The Kier molecular flexibility index (Phi) is 3.30. The lowest BCUT2D eigenvalue weighted by Gasteiger charge is -2.25. The smallest absolute Gasteiger partial charge is 0.326 e. The van der Waals surface area contributed by atoms with Gasteiger partial charge in [-0.1, -0.05) is 13.0 Å². The van der Waals surface area contributed by atoms with E-state index in [1.807, 2.05) is 17.0 Å². The number of carbonyl (C=O) groups is 1. The molecule has 1 aliphatic rings. The van der Waals surface area contributed by atoms with Gasteiger partial charge in [-0.25, -0.2) is 4.79 Å². The van der Waals surface area contributed by atoms with Gasteiger partial charge in [0.05, 0.1) is 5.52 Å². The van der Waals surface area contributed by atoms with Crippen LogP contribution in [0.25, 0.3) is 10.9 Å². The number of aliphatic carboxylic acids is 1. The van der Waals surface area contributed by atoms with Gasteiger partial charge in [-0.2, -0.15) is 0 Å². The van der Waals surface area contributed by atoms with Crippen LogP contribution in [0.5, 0.6) is 0 Å². The first-order valence-corrected chi connectivity index (χ1v) is 7.08. The van der Waals surface area contributed by atoms with Crippen LogP contribution in [0, 0.1) is 0 Å². The number of hydrogen-bond donors (Lipinski definition) is 1. The SMILES string of the molecule is CCc1ccc2nccc(N3CCCC3C(=O)O)c2c1. The highest BCUT2D eigenvalue weighted by Crippen LogP contribution is 2.32. The molecular weight excluding hydrogens is 252 g/mol. The summed E-state index contributed by atoms with van der Waals surface area (Å²) in [6.45, 7) is 2.92. The fraction of sp³-hybridized carbons (Fsp3) is 0.375. The summed E-state index contributed by atoms with van der Waals surface area (Å²) < 4.78 is 0. The standard InChI is InChI=1S/C16H18N2O2/c1-2-11-5-6-13-12(10-11)14(7-8-17-13)18-9-3-4-15(18)16(19)20/h5-8,10,15H,2-4,9H2,1H3,(H,19,20). The third-order valence-electron chi connectivity index (χ3n) is 4.04. The molecule has 20 heavy (non-hydrogen) atoms. The third kappa shape index (κ3) is 2.11. The maximum absolute atomic E-state index is 11.4. The number of anilines is 1. The minimum absolute atomic E-state index is 0.411. The molecule has 0 bridgehead atoms. The van der Waals surface area contributed by atoms with Crippen molar-refractivity contribution < 1.29 is 9.90 Å². The van der Waals surface area contributed by atoms with Gasteiger partial charge in [-0.15, -0.1) is 0 Å². The second-order valence-electron chi connectivity index (χ2n) is 5.22. The fourth-order valence-electron chi connectivity index (χ4n) is 2.96. The van der Waals surface area contributed by atoms with Gasteiger partial charge in [0.15, 0.2) is 0 Å². The molecule has 4 heteroatoms. The number of hydrogen-bond acceptors (Lipinski definition) is 3. The Morgan fingerprint density at radius 2 is 2.30 bits per heavy atom.